The van der Waals surface area contributed by atoms with Crippen LogP contribution in [0.5, 0.6) is 0 Å². The molecule has 6 heteroatoms. The number of thiophene rings is 1. The van der Waals surface area contributed by atoms with E-state index >= 15 is 0 Å². The van der Waals surface area contributed by atoms with E-state index in [-0.39, 0.29) is 5.92 Å². The second-order valence-corrected chi connectivity index (χ2v) is 6.22. The van der Waals surface area contributed by atoms with Gasteiger partial charge in [-0.2, -0.15) is 0 Å². The number of hydrogen-bond acceptors (Lipinski definition) is 5. The van der Waals surface area contributed by atoms with Gasteiger partial charge in [0.15, 0.2) is 0 Å². The van der Waals surface area contributed by atoms with Gasteiger partial charge in [-0.25, -0.2) is 9.97 Å². The Morgan fingerprint density at radius 2 is 2.40 bits per heavy atom. The zero-order valence-corrected chi connectivity index (χ0v) is 12.2. The number of hydrogen-bond donors (Lipinski definition) is 1. The van der Waals surface area contributed by atoms with E-state index in [4.69, 9.17) is 0 Å². The lowest BCUT2D eigenvalue weighted by molar-refractivity contribution is -0.141. The van der Waals surface area contributed by atoms with Gasteiger partial charge in [0.25, 0.3) is 0 Å². The van der Waals surface area contributed by atoms with Crippen LogP contribution in [0, 0.1) is 5.92 Å². The predicted molar refractivity (Wildman–Crippen MR) is 79.4 cm³/mol. The molecule has 0 bridgehead atoms. The highest BCUT2D eigenvalue weighted by Crippen LogP contribution is 2.32. The number of rotatable bonds is 3. The standard InChI is InChI=1S/C14H17N3O2S/c1-2-10-6-11-12(15-8-16-13(11)20-10)17-5-3-4-9(7-17)14(18)19/h6,8-9H,2-5,7H2,1H3,(H,18,19)/t9-/m1/s1. The molecule has 0 aliphatic carbocycles. The zero-order valence-electron chi connectivity index (χ0n) is 11.4. The lowest BCUT2D eigenvalue weighted by atomic mass is 9.98. The summed E-state index contributed by atoms with van der Waals surface area (Å²) < 4.78 is 0. The van der Waals surface area contributed by atoms with Gasteiger partial charge in [0, 0.05) is 18.0 Å². The summed E-state index contributed by atoms with van der Waals surface area (Å²) in [4.78, 5) is 24.3. The lowest BCUT2D eigenvalue weighted by Gasteiger charge is -2.31. The zero-order chi connectivity index (χ0) is 14.1. The Morgan fingerprint density at radius 3 is 3.15 bits per heavy atom. The van der Waals surface area contributed by atoms with Crippen LogP contribution in [0.3, 0.4) is 0 Å². The van der Waals surface area contributed by atoms with Crippen molar-refractivity contribution in [3.63, 3.8) is 0 Å². The molecular weight excluding hydrogens is 274 g/mol. The maximum atomic E-state index is 11.2. The van der Waals surface area contributed by atoms with Crippen LogP contribution in [-0.4, -0.2) is 34.1 Å². The molecule has 0 spiro atoms. The Morgan fingerprint density at radius 1 is 1.55 bits per heavy atom. The van der Waals surface area contributed by atoms with E-state index < -0.39 is 5.97 Å². The minimum atomic E-state index is -0.709. The summed E-state index contributed by atoms with van der Waals surface area (Å²) in [6, 6.07) is 2.14. The summed E-state index contributed by atoms with van der Waals surface area (Å²) in [5, 5.41) is 10.3. The van der Waals surface area contributed by atoms with Crippen LogP contribution in [0.4, 0.5) is 5.82 Å². The normalized spacial score (nSPS) is 19.4. The van der Waals surface area contributed by atoms with E-state index in [1.807, 2.05) is 0 Å². The van der Waals surface area contributed by atoms with E-state index in [1.54, 1.807) is 17.7 Å². The molecule has 1 saturated heterocycles. The monoisotopic (exact) mass is 291 g/mol. The van der Waals surface area contributed by atoms with Crippen LogP contribution in [-0.2, 0) is 11.2 Å². The van der Waals surface area contributed by atoms with Crippen molar-refractivity contribution in [2.24, 2.45) is 5.92 Å². The van der Waals surface area contributed by atoms with Crippen molar-refractivity contribution in [1.82, 2.24) is 9.97 Å². The molecule has 1 N–H and O–H groups in total. The maximum Gasteiger partial charge on any atom is 0.308 e. The Balaban J connectivity index is 1.96. The van der Waals surface area contributed by atoms with Crippen molar-refractivity contribution < 1.29 is 9.90 Å². The number of anilines is 1. The van der Waals surface area contributed by atoms with Gasteiger partial charge in [0.05, 0.1) is 11.3 Å². The first-order valence-electron chi connectivity index (χ1n) is 6.90. The lowest BCUT2D eigenvalue weighted by Crippen LogP contribution is -2.39. The molecule has 1 aliphatic heterocycles. The van der Waals surface area contributed by atoms with E-state index in [1.165, 1.54) is 4.88 Å². The summed E-state index contributed by atoms with van der Waals surface area (Å²) in [7, 11) is 0. The largest absolute Gasteiger partial charge is 0.481 e. The average Bonchev–Trinajstić information content (AvgIpc) is 2.90. The van der Waals surface area contributed by atoms with E-state index in [2.05, 4.69) is 27.9 Å². The molecule has 2 aromatic heterocycles. The first-order chi connectivity index (χ1) is 9.69. The SMILES string of the molecule is CCc1cc2c(N3CCC[C@@H](C(=O)O)C3)ncnc2s1. The minimum Gasteiger partial charge on any atom is -0.481 e. The molecule has 3 heterocycles. The van der Waals surface area contributed by atoms with Crippen molar-refractivity contribution in [2.45, 2.75) is 26.2 Å². The van der Waals surface area contributed by atoms with E-state index in [0.717, 1.165) is 41.8 Å². The number of aromatic nitrogens is 2. The summed E-state index contributed by atoms with van der Waals surface area (Å²) in [5.41, 5.74) is 0. The highest BCUT2D eigenvalue weighted by Gasteiger charge is 2.27. The molecule has 0 amide bonds. The molecule has 1 aliphatic rings. The van der Waals surface area contributed by atoms with Gasteiger partial charge in [-0.05, 0) is 25.3 Å². The number of carboxylic acids is 1. The van der Waals surface area contributed by atoms with Crippen molar-refractivity contribution in [1.29, 1.82) is 0 Å². The van der Waals surface area contributed by atoms with Crippen LogP contribution in [0.25, 0.3) is 10.2 Å². The summed E-state index contributed by atoms with van der Waals surface area (Å²) in [6.07, 6.45) is 4.22. The minimum absolute atomic E-state index is 0.293. The fraction of sp³-hybridized carbons (Fsp3) is 0.500. The second-order valence-electron chi connectivity index (χ2n) is 5.11. The fourth-order valence-electron chi connectivity index (χ4n) is 2.69. The van der Waals surface area contributed by atoms with Crippen molar-refractivity contribution >= 4 is 33.3 Å². The Labute approximate surface area is 121 Å². The first kappa shape index (κ1) is 13.3. The third-order valence-electron chi connectivity index (χ3n) is 3.78. The summed E-state index contributed by atoms with van der Waals surface area (Å²) in [6.45, 7) is 3.53. The molecule has 3 rings (SSSR count). The maximum absolute atomic E-state index is 11.2. The predicted octanol–water partition coefficient (Wildman–Crippen LogP) is 2.55. The van der Waals surface area contributed by atoms with Crippen LogP contribution in [0.15, 0.2) is 12.4 Å². The highest BCUT2D eigenvalue weighted by molar-refractivity contribution is 7.18. The van der Waals surface area contributed by atoms with Crippen LogP contribution in [0.2, 0.25) is 0 Å². The summed E-state index contributed by atoms with van der Waals surface area (Å²) >= 11 is 1.69. The number of aryl methyl sites for hydroxylation is 1. The van der Waals surface area contributed by atoms with Gasteiger partial charge in [-0.3, -0.25) is 4.79 Å². The number of carbonyl (C=O) groups is 1. The smallest absolute Gasteiger partial charge is 0.308 e. The van der Waals surface area contributed by atoms with Crippen LogP contribution < -0.4 is 4.90 Å². The molecule has 106 valence electrons. The summed E-state index contributed by atoms with van der Waals surface area (Å²) in [5.74, 6) is -0.116. The number of fused-ring (bicyclic) bond motifs is 1. The van der Waals surface area contributed by atoms with Crippen molar-refractivity contribution in [2.75, 3.05) is 18.0 Å². The molecule has 0 unspecified atom stereocenters. The van der Waals surface area contributed by atoms with Crippen LogP contribution >= 0.6 is 11.3 Å². The average molecular weight is 291 g/mol. The fourth-order valence-corrected chi connectivity index (χ4v) is 3.62. The topological polar surface area (TPSA) is 66.3 Å². The van der Waals surface area contributed by atoms with Crippen LogP contribution in [0.1, 0.15) is 24.6 Å². The molecular formula is C14H17N3O2S. The third kappa shape index (κ3) is 2.35. The number of aliphatic carboxylic acids is 1. The quantitative estimate of drug-likeness (QED) is 0.941. The first-order valence-corrected chi connectivity index (χ1v) is 7.72. The van der Waals surface area contributed by atoms with Gasteiger partial charge in [0.2, 0.25) is 0 Å². The van der Waals surface area contributed by atoms with Gasteiger partial charge < -0.3 is 10.0 Å². The Hall–Kier alpha value is -1.69. The van der Waals surface area contributed by atoms with Gasteiger partial charge in [0.1, 0.15) is 17.0 Å². The molecule has 5 nitrogen and oxygen atoms in total. The molecule has 0 saturated carbocycles. The van der Waals surface area contributed by atoms with Crippen molar-refractivity contribution in [3.05, 3.63) is 17.3 Å². The van der Waals surface area contributed by atoms with Crippen molar-refractivity contribution in [3.8, 4) is 0 Å². The Kier molecular flexibility index (Phi) is 3.56. The van der Waals surface area contributed by atoms with Gasteiger partial charge in [-0.15, -0.1) is 11.3 Å². The number of carboxylic acid groups (broad SMARTS) is 1. The van der Waals surface area contributed by atoms with Gasteiger partial charge >= 0.3 is 5.97 Å². The number of nitrogens with zero attached hydrogens (tertiary/aromatic N) is 3. The second kappa shape index (κ2) is 5.36. The highest BCUT2D eigenvalue weighted by atomic mass is 32.1. The molecule has 1 atom stereocenters. The Bertz CT molecular complexity index is 640. The van der Waals surface area contributed by atoms with Gasteiger partial charge in [-0.1, -0.05) is 6.92 Å². The number of piperidine rings is 1. The molecule has 0 radical (unpaired) electrons. The van der Waals surface area contributed by atoms with E-state index in [0.29, 0.717) is 6.54 Å². The van der Waals surface area contributed by atoms with E-state index in [9.17, 15) is 9.90 Å². The third-order valence-corrected chi connectivity index (χ3v) is 4.97. The molecule has 2 aromatic rings. The molecule has 0 aromatic carbocycles. The molecule has 20 heavy (non-hydrogen) atoms. The molecule has 1 fully saturated rings.